The molecule has 0 radical (unpaired) electrons. The van der Waals surface area contributed by atoms with Crippen LogP contribution in [0.5, 0.6) is 0 Å². The first-order valence-corrected chi connectivity index (χ1v) is 12.8. The molecule has 5 rings (SSSR count). The quantitative estimate of drug-likeness (QED) is 0.294. The molecule has 0 aromatic carbocycles. The lowest BCUT2D eigenvalue weighted by Gasteiger charge is -2.20. The number of amides is 1. The molecule has 4 aromatic rings. The summed E-state index contributed by atoms with van der Waals surface area (Å²) in [6, 6.07) is 13.2. The van der Waals surface area contributed by atoms with E-state index in [-0.39, 0.29) is 17.6 Å². The predicted molar refractivity (Wildman–Crippen MR) is 127 cm³/mol. The molecule has 1 amide bonds. The second-order valence-corrected chi connectivity index (χ2v) is 9.68. The van der Waals surface area contributed by atoms with Gasteiger partial charge in [0, 0.05) is 17.5 Å². The molecular formula is C22H18N4O3S3. The van der Waals surface area contributed by atoms with Gasteiger partial charge in [-0.1, -0.05) is 30.0 Å². The molecule has 0 aliphatic carbocycles. The summed E-state index contributed by atoms with van der Waals surface area (Å²) in [5.74, 6) is -0.992. The lowest BCUT2D eigenvalue weighted by atomic mass is 10.1. The van der Waals surface area contributed by atoms with Gasteiger partial charge in [-0.3, -0.25) is 9.20 Å². The summed E-state index contributed by atoms with van der Waals surface area (Å²) in [7, 11) is 0. The van der Waals surface area contributed by atoms with E-state index in [2.05, 4.69) is 10.1 Å². The highest BCUT2D eigenvalue weighted by molar-refractivity contribution is 7.98. The molecule has 32 heavy (non-hydrogen) atoms. The number of hydrazone groups is 1. The van der Waals surface area contributed by atoms with Crippen LogP contribution in [0.25, 0.3) is 5.52 Å². The fourth-order valence-corrected chi connectivity index (χ4v) is 5.67. The Balaban J connectivity index is 1.35. The van der Waals surface area contributed by atoms with E-state index in [0.29, 0.717) is 17.1 Å². The molecule has 1 aliphatic heterocycles. The molecule has 0 saturated heterocycles. The third-order valence-corrected chi connectivity index (χ3v) is 7.61. The average Bonchev–Trinajstić information content (AvgIpc) is 3.61. The molecule has 1 atom stereocenters. The number of ether oxygens (including phenoxy) is 1. The molecule has 5 heterocycles. The number of thiophene rings is 2. The van der Waals surface area contributed by atoms with E-state index in [1.807, 2.05) is 64.0 Å². The van der Waals surface area contributed by atoms with E-state index in [4.69, 9.17) is 4.74 Å². The van der Waals surface area contributed by atoms with Crippen LogP contribution < -0.4 is 0 Å². The van der Waals surface area contributed by atoms with Crippen LogP contribution in [0.1, 0.15) is 32.7 Å². The van der Waals surface area contributed by atoms with Crippen LogP contribution in [0.15, 0.2) is 69.7 Å². The van der Waals surface area contributed by atoms with Crippen molar-refractivity contribution in [3.63, 3.8) is 0 Å². The van der Waals surface area contributed by atoms with Crippen molar-refractivity contribution in [1.29, 1.82) is 0 Å². The van der Waals surface area contributed by atoms with Gasteiger partial charge in [0.25, 0.3) is 5.91 Å². The van der Waals surface area contributed by atoms with Crippen LogP contribution in [-0.2, 0) is 9.53 Å². The zero-order valence-electron chi connectivity index (χ0n) is 17.0. The van der Waals surface area contributed by atoms with Crippen molar-refractivity contribution in [2.24, 2.45) is 5.10 Å². The van der Waals surface area contributed by atoms with Crippen molar-refractivity contribution in [1.82, 2.24) is 14.4 Å². The molecule has 4 aromatic heterocycles. The summed E-state index contributed by atoms with van der Waals surface area (Å²) in [5.41, 5.74) is 1.70. The van der Waals surface area contributed by atoms with Crippen LogP contribution in [-0.4, -0.2) is 44.8 Å². The van der Waals surface area contributed by atoms with Gasteiger partial charge in [0.2, 0.25) is 0 Å². The molecule has 162 valence electrons. The first-order chi connectivity index (χ1) is 15.7. The molecule has 0 fully saturated rings. The van der Waals surface area contributed by atoms with Crippen LogP contribution in [0.2, 0.25) is 0 Å². The maximum absolute atomic E-state index is 13.0. The average molecular weight is 483 g/mol. The van der Waals surface area contributed by atoms with Crippen LogP contribution in [0.4, 0.5) is 0 Å². The van der Waals surface area contributed by atoms with Gasteiger partial charge in [-0.15, -0.1) is 22.7 Å². The Kier molecular flexibility index (Phi) is 5.81. The van der Waals surface area contributed by atoms with Gasteiger partial charge in [-0.25, -0.2) is 14.8 Å². The Morgan fingerprint density at radius 3 is 2.75 bits per heavy atom. The number of fused-ring (bicyclic) bond motifs is 1. The molecule has 0 spiro atoms. The second-order valence-electron chi connectivity index (χ2n) is 6.98. The number of pyridine rings is 1. The maximum atomic E-state index is 13.0. The third-order valence-electron chi connectivity index (χ3n) is 5.06. The van der Waals surface area contributed by atoms with Crippen molar-refractivity contribution in [3.8, 4) is 0 Å². The van der Waals surface area contributed by atoms with E-state index in [0.717, 1.165) is 15.5 Å². The molecule has 1 aliphatic rings. The summed E-state index contributed by atoms with van der Waals surface area (Å²) in [5, 5.41) is 10.7. The van der Waals surface area contributed by atoms with Crippen molar-refractivity contribution < 1.29 is 14.3 Å². The number of carbonyl (C=O) groups excluding carboxylic acids is 2. The van der Waals surface area contributed by atoms with E-state index < -0.39 is 12.6 Å². The first kappa shape index (κ1) is 20.9. The summed E-state index contributed by atoms with van der Waals surface area (Å²) in [6.07, 6.45) is 4.36. The Bertz CT molecular complexity index is 1300. The molecule has 7 nitrogen and oxygen atoms in total. The molecular weight excluding hydrogens is 464 g/mol. The number of nitrogens with zero attached hydrogens (tertiary/aromatic N) is 4. The van der Waals surface area contributed by atoms with E-state index >= 15 is 0 Å². The van der Waals surface area contributed by atoms with Crippen LogP contribution in [0, 0.1) is 0 Å². The Morgan fingerprint density at radius 1 is 1.16 bits per heavy atom. The van der Waals surface area contributed by atoms with E-state index in [1.165, 1.54) is 16.8 Å². The Morgan fingerprint density at radius 2 is 2.00 bits per heavy atom. The van der Waals surface area contributed by atoms with Crippen molar-refractivity contribution >= 4 is 57.5 Å². The summed E-state index contributed by atoms with van der Waals surface area (Å²) in [6.45, 7) is -0.400. The number of rotatable bonds is 6. The largest absolute Gasteiger partial charge is 0.451 e. The van der Waals surface area contributed by atoms with E-state index in [9.17, 15) is 9.59 Å². The maximum Gasteiger partial charge on any atom is 0.359 e. The number of hydrogen-bond donors (Lipinski definition) is 0. The third kappa shape index (κ3) is 3.85. The number of aromatic nitrogens is 2. The highest BCUT2D eigenvalue weighted by atomic mass is 32.2. The minimum atomic E-state index is -0.628. The number of imidazole rings is 1. The first-order valence-electron chi connectivity index (χ1n) is 9.80. The zero-order chi connectivity index (χ0) is 22.1. The van der Waals surface area contributed by atoms with Gasteiger partial charge < -0.3 is 4.74 Å². The SMILES string of the molecule is CSc1nc(C(=O)OCC(=O)N2N=C(c3cccs3)CC2c2cccs2)c2ccccn12. The fourth-order valence-electron chi connectivity index (χ4n) is 3.60. The van der Waals surface area contributed by atoms with Crippen molar-refractivity contribution in [3.05, 3.63) is 74.9 Å². The molecule has 10 heteroatoms. The molecule has 0 N–H and O–H groups in total. The number of hydrogen-bond acceptors (Lipinski definition) is 8. The predicted octanol–water partition coefficient (Wildman–Crippen LogP) is 4.71. The summed E-state index contributed by atoms with van der Waals surface area (Å²) in [4.78, 5) is 32.3. The topological polar surface area (TPSA) is 76.3 Å². The molecule has 1 unspecified atom stereocenters. The number of carbonyl (C=O) groups is 2. The highest BCUT2D eigenvalue weighted by Crippen LogP contribution is 2.36. The minimum Gasteiger partial charge on any atom is -0.451 e. The summed E-state index contributed by atoms with van der Waals surface area (Å²) < 4.78 is 7.21. The van der Waals surface area contributed by atoms with Gasteiger partial charge in [0.05, 0.1) is 22.1 Å². The van der Waals surface area contributed by atoms with Crippen molar-refractivity contribution in [2.75, 3.05) is 12.9 Å². The van der Waals surface area contributed by atoms with Crippen molar-refractivity contribution in [2.45, 2.75) is 17.6 Å². The highest BCUT2D eigenvalue weighted by Gasteiger charge is 2.34. The van der Waals surface area contributed by atoms with E-state index in [1.54, 1.807) is 28.7 Å². The normalized spacial score (nSPS) is 15.8. The minimum absolute atomic E-state index is 0.196. The fraction of sp³-hybridized carbons (Fsp3) is 0.182. The zero-order valence-corrected chi connectivity index (χ0v) is 19.5. The lowest BCUT2D eigenvalue weighted by Crippen LogP contribution is -2.31. The smallest absolute Gasteiger partial charge is 0.359 e. The number of thioether (sulfide) groups is 1. The van der Waals surface area contributed by atoms with Crippen LogP contribution >= 0.6 is 34.4 Å². The van der Waals surface area contributed by atoms with Gasteiger partial charge in [0.15, 0.2) is 17.5 Å². The standard InChI is InChI=1S/C22H18N4O3S3/c1-30-22-23-20(15-6-2-3-9-25(15)22)21(28)29-13-19(27)26-16(18-8-5-11-32-18)12-14(24-26)17-7-4-10-31-17/h2-11,16H,12-13H2,1H3. The Hall–Kier alpha value is -2.95. The van der Waals surface area contributed by atoms with Gasteiger partial charge in [-0.05, 0) is 41.3 Å². The second kappa shape index (κ2) is 8.89. The Labute approximate surface area is 196 Å². The van der Waals surface area contributed by atoms with Gasteiger partial charge >= 0.3 is 5.97 Å². The monoisotopic (exact) mass is 482 g/mol. The van der Waals surface area contributed by atoms with Gasteiger partial charge in [-0.2, -0.15) is 5.10 Å². The number of esters is 1. The molecule has 0 bridgehead atoms. The molecule has 0 saturated carbocycles. The lowest BCUT2D eigenvalue weighted by molar-refractivity contribution is -0.136. The van der Waals surface area contributed by atoms with Crippen LogP contribution in [0.3, 0.4) is 0 Å². The van der Waals surface area contributed by atoms with Gasteiger partial charge in [0.1, 0.15) is 0 Å². The summed E-state index contributed by atoms with van der Waals surface area (Å²) >= 11 is 4.61.